The zero-order valence-corrected chi connectivity index (χ0v) is 15.2. The second-order valence-electron chi connectivity index (χ2n) is 5.25. The van der Waals surface area contributed by atoms with Crippen LogP contribution in [0.2, 0.25) is 15.1 Å². The maximum absolute atomic E-state index is 12.5. The molecular formula is C16H11BrCl3NO. The van der Waals surface area contributed by atoms with E-state index in [1.165, 1.54) is 11.1 Å². The van der Waals surface area contributed by atoms with Crippen LogP contribution in [0.25, 0.3) is 0 Å². The number of halogens is 4. The molecule has 2 aromatic rings. The number of fused-ring (bicyclic) bond motifs is 1. The van der Waals surface area contributed by atoms with Crippen molar-refractivity contribution in [3.05, 3.63) is 61.0 Å². The fraction of sp³-hybridized carbons (Fsp3) is 0.188. The molecule has 0 saturated carbocycles. The average molecular weight is 420 g/mol. The lowest BCUT2D eigenvalue weighted by molar-refractivity contribution is -0.119. The number of rotatable bonds is 2. The molecule has 2 nitrogen and oxygen atoms in total. The molecule has 3 rings (SSSR count). The Morgan fingerprint density at radius 2 is 1.68 bits per heavy atom. The minimum atomic E-state index is -0.118. The predicted octanol–water partition coefficient (Wildman–Crippen LogP) is 5.76. The largest absolute Gasteiger partial charge is 0.323 e. The van der Waals surface area contributed by atoms with E-state index in [0.717, 1.165) is 10.9 Å². The highest BCUT2D eigenvalue weighted by atomic mass is 79.9. The van der Waals surface area contributed by atoms with Gasteiger partial charge in [0.2, 0.25) is 5.91 Å². The van der Waals surface area contributed by atoms with Crippen LogP contribution in [0.1, 0.15) is 11.1 Å². The highest BCUT2D eigenvalue weighted by molar-refractivity contribution is 9.10. The van der Waals surface area contributed by atoms with Gasteiger partial charge in [0.1, 0.15) is 0 Å². The van der Waals surface area contributed by atoms with Gasteiger partial charge in [0, 0.05) is 15.4 Å². The Morgan fingerprint density at radius 1 is 1.05 bits per heavy atom. The van der Waals surface area contributed by atoms with Crippen molar-refractivity contribution >= 4 is 62.3 Å². The summed E-state index contributed by atoms with van der Waals surface area (Å²) in [6, 6.07) is 9.22. The zero-order valence-electron chi connectivity index (χ0n) is 11.3. The van der Waals surface area contributed by atoms with Gasteiger partial charge in [-0.05, 0) is 48.2 Å². The maximum atomic E-state index is 12.5. The van der Waals surface area contributed by atoms with E-state index >= 15 is 0 Å². The molecule has 0 fully saturated rings. The standard InChI is InChI=1S/C16H11BrCl3NO/c17-11-2-1-8-3-10(4-9(8)5-11)16(22)21-15-13(19)6-12(18)7-14(15)20/h1-2,5-7,10H,3-4H2,(H,21,22). The van der Waals surface area contributed by atoms with Crippen LogP contribution in [0, 0.1) is 5.92 Å². The van der Waals surface area contributed by atoms with Gasteiger partial charge in [-0.3, -0.25) is 4.79 Å². The summed E-state index contributed by atoms with van der Waals surface area (Å²) in [5, 5.41) is 3.93. The monoisotopic (exact) mass is 417 g/mol. The third-order valence-electron chi connectivity index (χ3n) is 3.73. The normalized spacial score (nSPS) is 16.5. The fourth-order valence-electron chi connectivity index (χ4n) is 2.66. The number of hydrogen-bond donors (Lipinski definition) is 1. The van der Waals surface area contributed by atoms with Crippen molar-refractivity contribution in [2.75, 3.05) is 5.32 Å². The molecule has 0 bridgehead atoms. The molecule has 1 aliphatic rings. The van der Waals surface area contributed by atoms with E-state index in [9.17, 15) is 4.79 Å². The molecular weight excluding hydrogens is 408 g/mol. The van der Waals surface area contributed by atoms with Crippen molar-refractivity contribution in [3.63, 3.8) is 0 Å². The van der Waals surface area contributed by atoms with Gasteiger partial charge >= 0.3 is 0 Å². The van der Waals surface area contributed by atoms with Gasteiger partial charge in [-0.2, -0.15) is 0 Å². The SMILES string of the molecule is O=C(Nc1c(Cl)cc(Cl)cc1Cl)C1Cc2ccc(Br)cc2C1. The Hall–Kier alpha value is -0.740. The molecule has 0 radical (unpaired) electrons. The summed E-state index contributed by atoms with van der Waals surface area (Å²) in [5.41, 5.74) is 2.81. The Labute approximate surface area is 151 Å². The van der Waals surface area contributed by atoms with Gasteiger partial charge in [-0.25, -0.2) is 0 Å². The van der Waals surface area contributed by atoms with Crippen LogP contribution in [0.15, 0.2) is 34.8 Å². The molecule has 0 aliphatic heterocycles. The summed E-state index contributed by atoms with van der Waals surface area (Å²) in [5.74, 6) is -0.203. The second-order valence-corrected chi connectivity index (χ2v) is 7.42. The maximum Gasteiger partial charge on any atom is 0.228 e. The number of nitrogens with one attached hydrogen (secondary N) is 1. The van der Waals surface area contributed by atoms with E-state index in [4.69, 9.17) is 34.8 Å². The first-order valence-corrected chi connectivity index (χ1v) is 8.59. The van der Waals surface area contributed by atoms with Crippen LogP contribution < -0.4 is 5.32 Å². The molecule has 22 heavy (non-hydrogen) atoms. The topological polar surface area (TPSA) is 29.1 Å². The first-order valence-electron chi connectivity index (χ1n) is 6.67. The fourth-order valence-corrected chi connectivity index (χ4v) is 3.98. The summed E-state index contributed by atoms with van der Waals surface area (Å²) >= 11 is 21.5. The number of anilines is 1. The summed E-state index contributed by atoms with van der Waals surface area (Å²) in [4.78, 5) is 12.5. The molecule has 1 amide bonds. The van der Waals surface area contributed by atoms with E-state index in [1.54, 1.807) is 12.1 Å². The molecule has 6 heteroatoms. The quantitative estimate of drug-likeness (QED) is 0.659. The van der Waals surface area contributed by atoms with Gasteiger partial charge in [0.15, 0.2) is 0 Å². The molecule has 2 aromatic carbocycles. The molecule has 1 aliphatic carbocycles. The van der Waals surface area contributed by atoms with Crippen LogP contribution in [0.4, 0.5) is 5.69 Å². The first kappa shape index (κ1) is 16.1. The third kappa shape index (κ3) is 3.28. The Balaban J connectivity index is 1.77. The number of hydrogen-bond acceptors (Lipinski definition) is 1. The van der Waals surface area contributed by atoms with E-state index in [2.05, 4.69) is 33.4 Å². The van der Waals surface area contributed by atoms with E-state index in [-0.39, 0.29) is 11.8 Å². The molecule has 0 spiro atoms. The molecule has 0 aromatic heterocycles. The molecule has 1 N–H and O–H groups in total. The van der Waals surface area contributed by atoms with Crippen molar-refractivity contribution in [2.24, 2.45) is 5.92 Å². The van der Waals surface area contributed by atoms with Crippen LogP contribution >= 0.6 is 50.7 Å². The molecule has 1 unspecified atom stereocenters. The van der Waals surface area contributed by atoms with Crippen molar-refractivity contribution < 1.29 is 4.79 Å². The molecule has 0 saturated heterocycles. The summed E-state index contributed by atoms with van der Waals surface area (Å²) < 4.78 is 1.02. The Bertz CT molecular complexity index is 740. The first-order chi connectivity index (χ1) is 10.4. The van der Waals surface area contributed by atoms with Crippen LogP contribution in [-0.4, -0.2) is 5.91 Å². The Morgan fingerprint density at radius 3 is 2.36 bits per heavy atom. The predicted molar refractivity (Wildman–Crippen MR) is 95.1 cm³/mol. The third-order valence-corrected chi connectivity index (χ3v) is 5.03. The lowest BCUT2D eigenvalue weighted by Gasteiger charge is -2.13. The minimum Gasteiger partial charge on any atom is -0.323 e. The number of carbonyl (C=O) groups excluding carboxylic acids is 1. The lowest BCUT2D eigenvalue weighted by atomic mass is 10.1. The smallest absolute Gasteiger partial charge is 0.228 e. The second kappa shape index (κ2) is 6.40. The van der Waals surface area contributed by atoms with Crippen molar-refractivity contribution in [3.8, 4) is 0 Å². The molecule has 0 heterocycles. The van der Waals surface area contributed by atoms with Gasteiger partial charge in [-0.1, -0.05) is 56.8 Å². The highest BCUT2D eigenvalue weighted by Gasteiger charge is 2.28. The lowest BCUT2D eigenvalue weighted by Crippen LogP contribution is -2.23. The zero-order chi connectivity index (χ0) is 15.9. The van der Waals surface area contributed by atoms with Crippen molar-refractivity contribution in [2.45, 2.75) is 12.8 Å². The number of amides is 1. The van der Waals surface area contributed by atoms with Gasteiger partial charge in [0.05, 0.1) is 15.7 Å². The summed E-state index contributed by atoms with van der Waals surface area (Å²) in [6.45, 7) is 0. The molecule has 114 valence electrons. The van der Waals surface area contributed by atoms with Crippen LogP contribution in [-0.2, 0) is 17.6 Å². The summed E-state index contributed by atoms with van der Waals surface area (Å²) in [6.07, 6.45) is 1.43. The molecule has 1 atom stereocenters. The minimum absolute atomic E-state index is 0.0848. The number of carbonyl (C=O) groups is 1. The van der Waals surface area contributed by atoms with E-state index in [0.29, 0.717) is 27.2 Å². The number of benzene rings is 2. The summed E-state index contributed by atoms with van der Waals surface area (Å²) in [7, 11) is 0. The van der Waals surface area contributed by atoms with Crippen LogP contribution in [0.5, 0.6) is 0 Å². The van der Waals surface area contributed by atoms with Crippen molar-refractivity contribution in [1.29, 1.82) is 0 Å². The van der Waals surface area contributed by atoms with E-state index in [1.807, 2.05) is 6.07 Å². The van der Waals surface area contributed by atoms with Crippen molar-refractivity contribution in [1.82, 2.24) is 0 Å². The Kier molecular flexibility index (Phi) is 4.69. The average Bonchev–Trinajstić information content (AvgIpc) is 2.85. The van der Waals surface area contributed by atoms with Crippen LogP contribution in [0.3, 0.4) is 0 Å². The van der Waals surface area contributed by atoms with Gasteiger partial charge in [0.25, 0.3) is 0 Å². The highest BCUT2D eigenvalue weighted by Crippen LogP contribution is 2.35. The van der Waals surface area contributed by atoms with Gasteiger partial charge in [-0.15, -0.1) is 0 Å². The van der Waals surface area contributed by atoms with Gasteiger partial charge < -0.3 is 5.32 Å². The van der Waals surface area contributed by atoms with E-state index < -0.39 is 0 Å².